The van der Waals surface area contributed by atoms with Crippen LogP contribution >= 0.6 is 11.6 Å². The maximum Gasteiger partial charge on any atom is 0.142 e. The van der Waals surface area contributed by atoms with Crippen LogP contribution in [0.3, 0.4) is 0 Å². The van der Waals surface area contributed by atoms with E-state index in [0.29, 0.717) is 0 Å². The molecule has 3 heteroatoms. The first-order chi connectivity index (χ1) is 7.02. The molecule has 1 aliphatic rings. The fourth-order valence-electron chi connectivity index (χ4n) is 1.78. The number of benzene rings is 1. The molecule has 15 heavy (non-hydrogen) atoms. The molecule has 0 radical (unpaired) electrons. The second kappa shape index (κ2) is 3.76. The summed E-state index contributed by atoms with van der Waals surface area (Å²) in [5.74, 6) is -0.334. The van der Waals surface area contributed by atoms with Gasteiger partial charge in [-0.25, -0.2) is 4.39 Å². The highest BCUT2D eigenvalue weighted by atomic mass is 35.5. The van der Waals surface area contributed by atoms with Crippen LogP contribution in [0.15, 0.2) is 12.1 Å². The van der Waals surface area contributed by atoms with Crippen molar-refractivity contribution in [1.29, 1.82) is 0 Å². The summed E-state index contributed by atoms with van der Waals surface area (Å²) in [5, 5.41) is 0.263. The molecule has 0 aromatic heterocycles. The maximum absolute atomic E-state index is 13.2. The third kappa shape index (κ3) is 2.32. The number of hydrogen-bond donors (Lipinski definition) is 1. The first kappa shape index (κ1) is 10.9. The van der Waals surface area contributed by atoms with Crippen LogP contribution in [-0.2, 0) is 6.42 Å². The van der Waals surface area contributed by atoms with E-state index in [1.54, 1.807) is 6.07 Å². The van der Waals surface area contributed by atoms with Crippen molar-refractivity contribution in [3.8, 4) is 0 Å². The normalized spacial score (nSPS) is 17.9. The summed E-state index contributed by atoms with van der Waals surface area (Å²) in [4.78, 5) is 0. The zero-order valence-electron chi connectivity index (χ0n) is 8.82. The Morgan fingerprint density at radius 2 is 2.13 bits per heavy atom. The highest BCUT2D eigenvalue weighted by Gasteiger charge is 2.37. The van der Waals surface area contributed by atoms with E-state index in [0.717, 1.165) is 36.8 Å². The highest BCUT2D eigenvalue weighted by Crippen LogP contribution is 2.37. The van der Waals surface area contributed by atoms with Gasteiger partial charge in [0.15, 0.2) is 0 Å². The summed E-state index contributed by atoms with van der Waals surface area (Å²) < 4.78 is 13.2. The molecule has 0 bridgehead atoms. The molecular formula is C12H15ClFN. The SMILES string of the molecule is Cc1ccc(F)c(Cl)c1CCC1(N)CC1. The van der Waals surface area contributed by atoms with Crippen LogP contribution in [0, 0.1) is 12.7 Å². The van der Waals surface area contributed by atoms with Gasteiger partial charge in [-0.15, -0.1) is 0 Å². The standard InChI is InChI=1S/C12H15ClFN/c1-8-2-3-10(14)11(13)9(8)4-5-12(15)6-7-12/h2-3H,4-7,15H2,1H3. The van der Waals surface area contributed by atoms with E-state index < -0.39 is 0 Å². The monoisotopic (exact) mass is 227 g/mol. The molecule has 1 aliphatic carbocycles. The van der Waals surface area contributed by atoms with E-state index in [1.807, 2.05) is 6.92 Å². The Balaban J connectivity index is 2.16. The Hall–Kier alpha value is -0.600. The topological polar surface area (TPSA) is 26.0 Å². The van der Waals surface area contributed by atoms with Gasteiger partial charge in [0, 0.05) is 5.54 Å². The van der Waals surface area contributed by atoms with E-state index in [1.165, 1.54) is 6.07 Å². The van der Waals surface area contributed by atoms with E-state index >= 15 is 0 Å². The van der Waals surface area contributed by atoms with Crippen molar-refractivity contribution in [2.45, 2.75) is 38.1 Å². The Labute approximate surface area is 94.4 Å². The molecule has 0 atom stereocenters. The van der Waals surface area contributed by atoms with Crippen LogP contribution < -0.4 is 5.73 Å². The van der Waals surface area contributed by atoms with Crippen LogP contribution in [0.4, 0.5) is 4.39 Å². The minimum atomic E-state index is -0.334. The van der Waals surface area contributed by atoms with Gasteiger partial charge in [-0.2, -0.15) is 0 Å². The molecule has 82 valence electrons. The van der Waals surface area contributed by atoms with E-state index in [4.69, 9.17) is 17.3 Å². The zero-order chi connectivity index (χ0) is 11.1. The van der Waals surface area contributed by atoms with Gasteiger partial charge in [-0.3, -0.25) is 0 Å². The van der Waals surface area contributed by atoms with Crippen molar-refractivity contribution >= 4 is 11.6 Å². The molecule has 1 aromatic rings. The van der Waals surface area contributed by atoms with Gasteiger partial charge in [0.25, 0.3) is 0 Å². The van der Waals surface area contributed by atoms with Crippen LogP contribution in [-0.4, -0.2) is 5.54 Å². The minimum absolute atomic E-state index is 0.00207. The number of halogens is 2. The Kier molecular flexibility index (Phi) is 2.73. The Morgan fingerprint density at radius 1 is 1.47 bits per heavy atom. The van der Waals surface area contributed by atoms with Crippen LogP contribution in [0.25, 0.3) is 0 Å². The minimum Gasteiger partial charge on any atom is -0.325 e. The summed E-state index contributed by atoms with van der Waals surface area (Å²) in [5.41, 5.74) is 7.96. The van der Waals surface area contributed by atoms with Crippen molar-refractivity contribution in [1.82, 2.24) is 0 Å². The third-order valence-corrected chi connectivity index (χ3v) is 3.60. The summed E-state index contributed by atoms with van der Waals surface area (Å²) >= 11 is 5.93. The lowest BCUT2D eigenvalue weighted by atomic mass is 10.00. The molecule has 0 unspecified atom stereocenters. The fraction of sp³-hybridized carbons (Fsp3) is 0.500. The quantitative estimate of drug-likeness (QED) is 0.843. The second-order valence-electron chi connectivity index (χ2n) is 4.52. The zero-order valence-corrected chi connectivity index (χ0v) is 9.57. The van der Waals surface area contributed by atoms with Gasteiger partial charge in [-0.1, -0.05) is 17.7 Å². The van der Waals surface area contributed by atoms with E-state index in [-0.39, 0.29) is 16.4 Å². The van der Waals surface area contributed by atoms with Gasteiger partial charge in [0.05, 0.1) is 5.02 Å². The van der Waals surface area contributed by atoms with Crippen molar-refractivity contribution in [3.05, 3.63) is 34.1 Å². The Bertz CT molecular complexity index is 385. The lowest BCUT2D eigenvalue weighted by molar-refractivity contribution is 0.598. The molecule has 1 fully saturated rings. The van der Waals surface area contributed by atoms with Gasteiger partial charge in [-0.05, 0) is 49.8 Å². The first-order valence-corrected chi connectivity index (χ1v) is 5.62. The molecule has 0 amide bonds. The second-order valence-corrected chi connectivity index (χ2v) is 4.90. The number of aryl methyl sites for hydroxylation is 1. The molecule has 2 N–H and O–H groups in total. The van der Waals surface area contributed by atoms with Crippen molar-refractivity contribution in [3.63, 3.8) is 0 Å². The molecule has 1 saturated carbocycles. The molecular weight excluding hydrogens is 213 g/mol. The van der Waals surface area contributed by atoms with Crippen molar-refractivity contribution in [2.24, 2.45) is 5.73 Å². The predicted octanol–water partition coefficient (Wildman–Crippen LogP) is 3.21. The summed E-state index contributed by atoms with van der Waals surface area (Å²) in [6.45, 7) is 1.96. The fourth-order valence-corrected chi connectivity index (χ4v) is 2.09. The average Bonchev–Trinajstić information content (AvgIpc) is 2.91. The number of nitrogens with two attached hydrogens (primary N) is 1. The van der Waals surface area contributed by atoms with E-state index in [2.05, 4.69) is 0 Å². The number of rotatable bonds is 3. The largest absolute Gasteiger partial charge is 0.325 e. The molecule has 1 nitrogen and oxygen atoms in total. The molecule has 0 saturated heterocycles. The lowest BCUT2D eigenvalue weighted by Gasteiger charge is -2.12. The van der Waals surface area contributed by atoms with Crippen LogP contribution in [0.5, 0.6) is 0 Å². The first-order valence-electron chi connectivity index (χ1n) is 5.24. The molecule has 0 spiro atoms. The molecule has 2 rings (SSSR count). The number of hydrogen-bond acceptors (Lipinski definition) is 1. The molecule has 0 aliphatic heterocycles. The predicted molar refractivity (Wildman–Crippen MR) is 60.6 cm³/mol. The smallest absolute Gasteiger partial charge is 0.142 e. The lowest BCUT2D eigenvalue weighted by Crippen LogP contribution is -2.22. The molecule has 1 aromatic carbocycles. The van der Waals surface area contributed by atoms with Crippen molar-refractivity contribution in [2.75, 3.05) is 0 Å². The third-order valence-electron chi connectivity index (χ3n) is 3.20. The van der Waals surface area contributed by atoms with Crippen LogP contribution in [0.2, 0.25) is 5.02 Å². The van der Waals surface area contributed by atoms with Crippen molar-refractivity contribution < 1.29 is 4.39 Å². The Morgan fingerprint density at radius 3 is 2.73 bits per heavy atom. The van der Waals surface area contributed by atoms with Gasteiger partial charge in [0.2, 0.25) is 0 Å². The van der Waals surface area contributed by atoms with Gasteiger partial charge < -0.3 is 5.73 Å². The maximum atomic E-state index is 13.2. The summed E-state index contributed by atoms with van der Waals surface area (Å²) in [7, 11) is 0. The van der Waals surface area contributed by atoms with E-state index in [9.17, 15) is 4.39 Å². The summed E-state index contributed by atoms with van der Waals surface area (Å²) in [6.07, 6.45) is 3.84. The summed E-state index contributed by atoms with van der Waals surface area (Å²) in [6, 6.07) is 3.18. The highest BCUT2D eigenvalue weighted by molar-refractivity contribution is 6.31. The van der Waals surface area contributed by atoms with Crippen LogP contribution in [0.1, 0.15) is 30.4 Å². The molecule has 0 heterocycles. The average molecular weight is 228 g/mol. The van der Waals surface area contributed by atoms with Gasteiger partial charge >= 0.3 is 0 Å². The van der Waals surface area contributed by atoms with Gasteiger partial charge in [0.1, 0.15) is 5.82 Å².